The van der Waals surface area contributed by atoms with Gasteiger partial charge in [-0.25, -0.2) is 4.98 Å². The lowest BCUT2D eigenvalue weighted by Gasteiger charge is -2.44. The topological polar surface area (TPSA) is 136 Å². The predicted octanol–water partition coefficient (Wildman–Crippen LogP) is 3.82. The van der Waals surface area contributed by atoms with E-state index in [1.165, 1.54) is 0 Å². The zero-order valence-corrected chi connectivity index (χ0v) is 21.1. The number of carbonyl (C=O) groups excluding carboxylic acids is 2. The lowest BCUT2D eigenvalue weighted by Crippen LogP contribution is -2.52. The van der Waals surface area contributed by atoms with E-state index in [9.17, 15) is 9.59 Å². The molecule has 11 nitrogen and oxygen atoms in total. The number of nitrogens with one attached hydrogen (secondary N) is 1. The van der Waals surface area contributed by atoms with Crippen LogP contribution in [0.5, 0.6) is 11.5 Å². The Morgan fingerprint density at radius 2 is 2.03 bits per heavy atom. The molecule has 1 amide bonds. The average Bonchev–Trinajstić information content (AvgIpc) is 3.69. The number of nitrogens with two attached hydrogens (primary N) is 1. The normalized spacial score (nSPS) is 18.4. The van der Waals surface area contributed by atoms with Crippen molar-refractivity contribution >= 4 is 28.4 Å². The average molecular weight is 516 g/mol. The Morgan fingerprint density at radius 1 is 1.24 bits per heavy atom. The van der Waals surface area contributed by atoms with Gasteiger partial charge in [-0.2, -0.15) is 0 Å². The van der Waals surface area contributed by atoms with E-state index in [1.807, 2.05) is 17.3 Å². The van der Waals surface area contributed by atoms with E-state index >= 15 is 0 Å². The van der Waals surface area contributed by atoms with E-state index in [2.05, 4.69) is 32.0 Å². The molecule has 1 aliphatic carbocycles. The molecule has 3 heterocycles. The molecule has 1 saturated carbocycles. The van der Waals surface area contributed by atoms with Crippen LogP contribution in [0.25, 0.3) is 16.7 Å². The van der Waals surface area contributed by atoms with Crippen LogP contribution in [-0.4, -0.2) is 51.9 Å². The lowest BCUT2D eigenvalue weighted by molar-refractivity contribution is -0.00572. The fraction of sp³-hybridized carbons (Fsp3) is 0.370. The van der Waals surface area contributed by atoms with Crippen LogP contribution >= 0.6 is 0 Å². The molecular weight excluding hydrogens is 486 g/mol. The van der Waals surface area contributed by atoms with Gasteiger partial charge in [0.05, 0.1) is 36.6 Å². The van der Waals surface area contributed by atoms with Crippen LogP contribution in [0, 0.1) is 0 Å². The van der Waals surface area contributed by atoms with Crippen LogP contribution in [0.15, 0.2) is 53.7 Å². The van der Waals surface area contributed by atoms with Gasteiger partial charge in [0.15, 0.2) is 5.78 Å². The fourth-order valence-corrected chi connectivity index (χ4v) is 5.44. The molecule has 0 radical (unpaired) electrons. The first-order valence-electron chi connectivity index (χ1n) is 12.7. The van der Waals surface area contributed by atoms with Gasteiger partial charge in [-0.3, -0.25) is 15.0 Å². The van der Waals surface area contributed by atoms with Gasteiger partial charge in [0, 0.05) is 37.5 Å². The van der Waals surface area contributed by atoms with E-state index < -0.39 is 5.60 Å². The minimum absolute atomic E-state index is 0.00431. The lowest BCUT2D eigenvalue weighted by atomic mass is 9.82. The number of imidazole rings is 1. The Labute approximate surface area is 219 Å². The number of carbonyl (C=O) groups is 2. The highest BCUT2D eigenvalue weighted by Crippen LogP contribution is 2.41. The maximum Gasteiger partial charge on any atom is 0.254 e. The number of methoxy groups -OCH3 is 1. The summed E-state index contributed by atoms with van der Waals surface area (Å²) in [7, 11) is 1.60. The summed E-state index contributed by atoms with van der Waals surface area (Å²) < 4.78 is 14.1. The molecule has 2 aromatic carbocycles. The smallest absolute Gasteiger partial charge is 0.254 e. The predicted molar refractivity (Wildman–Crippen MR) is 140 cm³/mol. The maximum absolute atomic E-state index is 13.5. The first-order chi connectivity index (χ1) is 18.4. The molecule has 3 aliphatic rings. The summed E-state index contributed by atoms with van der Waals surface area (Å²) in [6.07, 6.45) is 5.46. The Morgan fingerprint density at radius 3 is 2.74 bits per heavy atom. The first kappa shape index (κ1) is 24.0. The van der Waals surface area contributed by atoms with Crippen molar-refractivity contribution in [1.82, 2.24) is 19.9 Å². The van der Waals surface area contributed by atoms with Gasteiger partial charge in [0.1, 0.15) is 22.6 Å². The van der Waals surface area contributed by atoms with Crippen molar-refractivity contribution < 1.29 is 19.1 Å². The number of amides is 1. The number of hydrogen-bond donors (Lipinski definition) is 2. The van der Waals surface area contributed by atoms with Gasteiger partial charge in [-0.15, -0.1) is 0 Å². The molecule has 196 valence electrons. The van der Waals surface area contributed by atoms with Crippen molar-refractivity contribution in [3.8, 4) is 11.5 Å². The molecule has 0 atom stereocenters. The number of aromatic nitrogens is 2. The molecule has 0 bridgehead atoms. The zero-order chi connectivity index (χ0) is 26.4. The first-order valence-corrected chi connectivity index (χ1v) is 12.7. The third-order valence-electron chi connectivity index (χ3n) is 7.69. The third-order valence-corrected chi connectivity index (χ3v) is 7.69. The molecule has 6 rings (SSSR count). The second-order valence-corrected chi connectivity index (χ2v) is 10.1. The van der Waals surface area contributed by atoms with Crippen molar-refractivity contribution in [2.45, 2.75) is 43.7 Å². The second-order valence-electron chi connectivity index (χ2n) is 10.1. The van der Waals surface area contributed by atoms with Gasteiger partial charge in [-0.1, -0.05) is 17.0 Å². The summed E-state index contributed by atoms with van der Waals surface area (Å²) in [5.74, 6) is 6.11. The summed E-state index contributed by atoms with van der Waals surface area (Å²) in [6.45, 7) is 4.87. The number of ether oxygens (including phenoxy) is 2. The molecule has 2 fully saturated rings. The van der Waals surface area contributed by atoms with Crippen LogP contribution < -0.4 is 20.7 Å². The standard InChI is InChI=1S/C27H29N7O4/c1-16(30-32-31-28)17-3-6-23-20(11-17)22(35)14-27(38-23)7-9-33(10-8-27)26(36)18-12-21-25(24(13-18)37-2)29-15-34(21)19-4-5-19/h3,6,11-13,15,19H,1,4-5,7-10,14H2,2H3,(H2,28,32)(H,30,31). The molecule has 1 aromatic heterocycles. The van der Waals surface area contributed by atoms with Crippen molar-refractivity contribution in [3.05, 3.63) is 59.9 Å². The number of ketones is 1. The van der Waals surface area contributed by atoms with Crippen molar-refractivity contribution in [2.75, 3.05) is 20.2 Å². The second kappa shape index (κ2) is 9.16. The van der Waals surface area contributed by atoms with Gasteiger partial charge < -0.3 is 24.8 Å². The van der Waals surface area contributed by atoms with Crippen molar-refractivity contribution in [2.24, 2.45) is 16.3 Å². The van der Waals surface area contributed by atoms with Gasteiger partial charge in [0.2, 0.25) is 0 Å². The van der Waals surface area contributed by atoms with E-state index in [4.69, 9.17) is 15.3 Å². The molecular formula is C27H29N7O4. The van der Waals surface area contributed by atoms with Crippen LogP contribution in [0.4, 0.5) is 0 Å². The number of nitrogens with zero attached hydrogens (tertiary/aromatic N) is 5. The molecule has 0 unspecified atom stereocenters. The highest BCUT2D eigenvalue weighted by atomic mass is 16.5. The van der Waals surface area contributed by atoms with Crippen LogP contribution in [0.1, 0.15) is 64.4 Å². The molecule has 11 heteroatoms. The summed E-state index contributed by atoms with van der Waals surface area (Å²) in [5.41, 5.74) is 5.93. The third kappa shape index (κ3) is 4.13. The molecule has 2 aliphatic heterocycles. The van der Waals surface area contributed by atoms with Crippen molar-refractivity contribution in [1.29, 1.82) is 0 Å². The minimum Gasteiger partial charge on any atom is -0.494 e. The Balaban J connectivity index is 1.18. The van der Waals surface area contributed by atoms with Crippen LogP contribution in [0.3, 0.4) is 0 Å². The van der Waals surface area contributed by atoms with E-state index in [0.29, 0.717) is 65.9 Å². The SMILES string of the molecule is C=C(N/N=N\N)c1ccc2c(c1)C(=O)CC1(CCN(C(=O)c3cc(OC)c4ncn(C5CC5)c4c3)CC1)O2. The Bertz CT molecular complexity index is 1480. The number of hydrogen-bond acceptors (Lipinski definition) is 7. The maximum atomic E-state index is 13.5. The summed E-state index contributed by atoms with van der Waals surface area (Å²) in [6, 6.07) is 9.45. The fourth-order valence-electron chi connectivity index (χ4n) is 5.44. The van der Waals surface area contributed by atoms with Gasteiger partial charge >= 0.3 is 0 Å². The van der Waals surface area contributed by atoms with Gasteiger partial charge in [-0.05, 0) is 48.7 Å². The van der Waals surface area contributed by atoms with Crippen LogP contribution in [0.2, 0.25) is 0 Å². The highest BCUT2D eigenvalue weighted by molar-refractivity contribution is 6.01. The molecule has 3 aromatic rings. The number of rotatable bonds is 6. The zero-order valence-electron chi connectivity index (χ0n) is 21.1. The number of Topliss-reactive ketones (excluding diaryl/α,β-unsaturated/α-hetero) is 1. The number of likely N-dealkylation sites (tertiary alicyclic amines) is 1. The summed E-state index contributed by atoms with van der Waals surface area (Å²) >= 11 is 0. The monoisotopic (exact) mass is 515 g/mol. The van der Waals surface area contributed by atoms with E-state index in [1.54, 1.807) is 31.4 Å². The van der Waals surface area contributed by atoms with Crippen molar-refractivity contribution in [3.63, 3.8) is 0 Å². The van der Waals surface area contributed by atoms with E-state index in [0.717, 1.165) is 23.9 Å². The Hall–Kier alpha value is -4.41. The summed E-state index contributed by atoms with van der Waals surface area (Å²) in [5, 5.41) is 6.68. The van der Waals surface area contributed by atoms with Crippen LogP contribution in [-0.2, 0) is 0 Å². The highest BCUT2D eigenvalue weighted by Gasteiger charge is 2.44. The number of benzene rings is 2. The molecule has 1 spiro atoms. The number of fused-ring (bicyclic) bond motifs is 2. The minimum atomic E-state index is -0.627. The quantitative estimate of drug-likeness (QED) is 0.289. The summed E-state index contributed by atoms with van der Waals surface area (Å²) in [4.78, 5) is 33.0. The van der Waals surface area contributed by atoms with Gasteiger partial charge in [0.25, 0.3) is 5.91 Å². The molecule has 38 heavy (non-hydrogen) atoms. The van der Waals surface area contributed by atoms with E-state index in [-0.39, 0.29) is 18.1 Å². The largest absolute Gasteiger partial charge is 0.494 e. The Kier molecular flexibility index (Phi) is 5.77. The molecule has 1 saturated heterocycles. The molecule has 3 N–H and O–H groups in total. The number of piperidine rings is 1.